The number of nitrogens with one attached hydrogen (secondary N) is 1. The molecule has 1 heterocycles. The maximum absolute atomic E-state index is 9.36. The molecule has 108 valence electrons. The van der Waals surface area contributed by atoms with Gasteiger partial charge in [-0.1, -0.05) is 6.92 Å². The largest absolute Gasteiger partial charge is 0.496 e. The second-order valence-corrected chi connectivity index (χ2v) is 4.74. The van der Waals surface area contributed by atoms with E-state index in [0.29, 0.717) is 5.75 Å². The predicted octanol–water partition coefficient (Wildman–Crippen LogP) is 2.48. The Labute approximate surface area is 119 Å². The minimum Gasteiger partial charge on any atom is -0.496 e. The molecule has 0 aliphatic carbocycles. The monoisotopic (exact) mass is 275 g/mol. The van der Waals surface area contributed by atoms with Gasteiger partial charge >= 0.3 is 0 Å². The lowest BCUT2D eigenvalue weighted by Gasteiger charge is -2.18. The highest BCUT2D eigenvalue weighted by Gasteiger charge is 2.12. The first-order valence-corrected chi connectivity index (χ1v) is 6.70. The molecular formula is C15H21N3O2. The van der Waals surface area contributed by atoms with Crippen LogP contribution in [0.3, 0.4) is 0 Å². The number of aromatic nitrogens is 2. The van der Waals surface area contributed by atoms with Crippen LogP contribution >= 0.6 is 0 Å². The van der Waals surface area contributed by atoms with Gasteiger partial charge in [-0.15, -0.1) is 0 Å². The van der Waals surface area contributed by atoms with Crippen molar-refractivity contribution in [3.05, 3.63) is 41.7 Å². The van der Waals surface area contributed by atoms with Gasteiger partial charge in [-0.2, -0.15) is 5.10 Å². The van der Waals surface area contributed by atoms with Crippen molar-refractivity contribution in [2.75, 3.05) is 12.4 Å². The highest BCUT2D eigenvalue weighted by molar-refractivity contribution is 5.52. The minimum absolute atomic E-state index is 0.0393. The molecule has 5 heteroatoms. The molecule has 20 heavy (non-hydrogen) atoms. The number of hydrogen-bond acceptors (Lipinski definition) is 4. The Morgan fingerprint density at radius 3 is 2.80 bits per heavy atom. The van der Waals surface area contributed by atoms with Gasteiger partial charge in [-0.3, -0.25) is 4.68 Å². The second kappa shape index (κ2) is 6.43. The Balaban J connectivity index is 2.19. The molecule has 2 N–H and O–H groups in total. The van der Waals surface area contributed by atoms with Gasteiger partial charge in [0.05, 0.1) is 26.0 Å². The second-order valence-electron chi connectivity index (χ2n) is 4.74. The number of aliphatic hydroxyl groups is 1. The number of anilines is 1. The van der Waals surface area contributed by atoms with E-state index in [4.69, 9.17) is 4.74 Å². The van der Waals surface area contributed by atoms with Crippen molar-refractivity contribution in [3.63, 3.8) is 0 Å². The molecule has 0 aliphatic rings. The maximum Gasteiger partial charge on any atom is 0.124 e. The Bertz CT molecular complexity index is 566. The Hall–Kier alpha value is -2.01. The lowest BCUT2D eigenvalue weighted by atomic mass is 10.1. The van der Waals surface area contributed by atoms with E-state index in [-0.39, 0.29) is 12.6 Å². The molecule has 0 fully saturated rings. The summed E-state index contributed by atoms with van der Waals surface area (Å²) in [7, 11) is 3.51. The number of ether oxygens (including phenoxy) is 1. The maximum atomic E-state index is 9.36. The topological polar surface area (TPSA) is 59.3 Å². The summed E-state index contributed by atoms with van der Waals surface area (Å²) < 4.78 is 7.01. The van der Waals surface area contributed by atoms with Crippen molar-refractivity contribution in [3.8, 4) is 5.75 Å². The molecule has 1 aromatic heterocycles. The van der Waals surface area contributed by atoms with Gasteiger partial charge in [0.15, 0.2) is 0 Å². The third-order valence-electron chi connectivity index (χ3n) is 3.33. The molecule has 2 aromatic rings. The fourth-order valence-electron chi connectivity index (χ4n) is 2.23. The molecule has 0 amide bonds. The van der Waals surface area contributed by atoms with Gasteiger partial charge in [0.25, 0.3) is 0 Å². The van der Waals surface area contributed by atoms with Crippen LogP contribution in [0.15, 0.2) is 30.6 Å². The van der Waals surface area contributed by atoms with E-state index < -0.39 is 0 Å². The fourth-order valence-corrected chi connectivity index (χ4v) is 2.23. The lowest BCUT2D eigenvalue weighted by molar-refractivity contribution is 0.274. The molecule has 0 saturated carbocycles. The van der Waals surface area contributed by atoms with Crippen molar-refractivity contribution in [1.82, 2.24) is 9.78 Å². The first kappa shape index (κ1) is 14.4. The molecule has 2 rings (SSSR count). The van der Waals surface area contributed by atoms with Gasteiger partial charge in [0.1, 0.15) is 5.75 Å². The summed E-state index contributed by atoms with van der Waals surface area (Å²) in [4.78, 5) is 0. The van der Waals surface area contributed by atoms with Crippen LogP contribution in [0.25, 0.3) is 0 Å². The summed E-state index contributed by atoms with van der Waals surface area (Å²) in [6, 6.07) is 5.93. The van der Waals surface area contributed by atoms with Gasteiger partial charge < -0.3 is 15.2 Å². The molecule has 0 saturated heterocycles. The summed E-state index contributed by atoms with van der Waals surface area (Å²) in [6.45, 7) is 2.09. The van der Waals surface area contributed by atoms with E-state index in [2.05, 4.69) is 17.3 Å². The molecule has 1 aromatic carbocycles. The molecule has 1 atom stereocenters. The lowest BCUT2D eigenvalue weighted by Crippen LogP contribution is -2.09. The van der Waals surface area contributed by atoms with Crippen molar-refractivity contribution in [2.45, 2.75) is 26.0 Å². The van der Waals surface area contributed by atoms with Crippen LogP contribution < -0.4 is 10.1 Å². The van der Waals surface area contributed by atoms with Crippen molar-refractivity contribution in [1.29, 1.82) is 0 Å². The van der Waals surface area contributed by atoms with E-state index >= 15 is 0 Å². The fraction of sp³-hybridized carbons (Fsp3) is 0.400. The summed E-state index contributed by atoms with van der Waals surface area (Å²) in [5.41, 5.74) is 2.89. The predicted molar refractivity (Wildman–Crippen MR) is 78.8 cm³/mol. The summed E-state index contributed by atoms with van der Waals surface area (Å²) in [6.07, 6.45) is 4.83. The van der Waals surface area contributed by atoms with E-state index in [1.54, 1.807) is 11.8 Å². The number of aryl methyl sites for hydroxylation is 1. The highest BCUT2D eigenvalue weighted by Crippen LogP contribution is 2.26. The molecule has 0 bridgehead atoms. The normalized spacial score (nSPS) is 12.2. The standard InChI is InChI=1S/C15H21N3O2/c1-4-14(12-8-16-18(2)9-12)17-13-5-6-15(20-3)11(7-13)10-19/h5-9,14,17,19H,4,10H2,1-3H3. The number of methoxy groups -OCH3 is 1. The van der Waals surface area contributed by atoms with Crippen molar-refractivity contribution >= 4 is 5.69 Å². The summed E-state index contributed by atoms with van der Waals surface area (Å²) in [5, 5.41) is 17.0. The van der Waals surface area contributed by atoms with Gasteiger partial charge in [-0.25, -0.2) is 0 Å². The van der Waals surface area contributed by atoms with Crippen LogP contribution in [0.5, 0.6) is 5.75 Å². The molecule has 1 unspecified atom stereocenters. The number of aliphatic hydroxyl groups excluding tert-OH is 1. The first-order valence-electron chi connectivity index (χ1n) is 6.70. The Morgan fingerprint density at radius 1 is 1.45 bits per heavy atom. The Kier molecular flexibility index (Phi) is 4.63. The molecule has 0 aliphatic heterocycles. The molecule has 0 spiro atoms. The van der Waals surface area contributed by atoms with Gasteiger partial charge in [0, 0.05) is 30.1 Å². The number of nitrogens with zero attached hydrogens (tertiary/aromatic N) is 2. The van der Waals surface area contributed by atoms with Crippen molar-refractivity contribution in [2.24, 2.45) is 7.05 Å². The minimum atomic E-state index is -0.0393. The SMILES string of the molecule is CCC(Nc1ccc(OC)c(CO)c1)c1cnn(C)c1. The highest BCUT2D eigenvalue weighted by atomic mass is 16.5. The van der Waals surface area contributed by atoms with Crippen LogP contribution in [0.4, 0.5) is 5.69 Å². The Morgan fingerprint density at radius 2 is 2.25 bits per heavy atom. The first-order chi connectivity index (χ1) is 9.67. The van der Waals surface area contributed by atoms with Crippen LogP contribution in [0.1, 0.15) is 30.5 Å². The smallest absolute Gasteiger partial charge is 0.124 e. The molecule has 5 nitrogen and oxygen atoms in total. The number of benzene rings is 1. The number of hydrogen-bond donors (Lipinski definition) is 2. The van der Waals surface area contributed by atoms with Crippen LogP contribution in [-0.2, 0) is 13.7 Å². The molecular weight excluding hydrogens is 254 g/mol. The van der Waals surface area contributed by atoms with Gasteiger partial charge in [0.2, 0.25) is 0 Å². The quantitative estimate of drug-likeness (QED) is 0.850. The van der Waals surface area contributed by atoms with E-state index in [0.717, 1.165) is 23.2 Å². The average molecular weight is 275 g/mol. The number of rotatable bonds is 6. The third kappa shape index (κ3) is 3.11. The zero-order valence-corrected chi connectivity index (χ0v) is 12.1. The van der Waals surface area contributed by atoms with E-state index in [1.807, 2.05) is 37.6 Å². The van der Waals surface area contributed by atoms with Crippen LogP contribution in [-0.4, -0.2) is 22.0 Å². The average Bonchev–Trinajstić information content (AvgIpc) is 2.90. The van der Waals surface area contributed by atoms with Gasteiger partial charge in [-0.05, 0) is 24.6 Å². The van der Waals surface area contributed by atoms with E-state index in [1.165, 1.54) is 0 Å². The third-order valence-corrected chi connectivity index (χ3v) is 3.33. The van der Waals surface area contributed by atoms with Crippen molar-refractivity contribution < 1.29 is 9.84 Å². The van der Waals surface area contributed by atoms with Crippen LogP contribution in [0, 0.1) is 0 Å². The summed E-state index contributed by atoms with van der Waals surface area (Å²) >= 11 is 0. The zero-order valence-electron chi connectivity index (χ0n) is 12.1. The van der Waals surface area contributed by atoms with Crippen LogP contribution in [0.2, 0.25) is 0 Å². The summed E-state index contributed by atoms with van der Waals surface area (Å²) in [5.74, 6) is 0.701. The van der Waals surface area contributed by atoms with E-state index in [9.17, 15) is 5.11 Å². The molecule has 0 radical (unpaired) electrons. The zero-order chi connectivity index (χ0) is 14.5.